The molecule has 0 amide bonds. The summed E-state index contributed by atoms with van der Waals surface area (Å²) in [6.45, 7) is 17.7. The lowest BCUT2D eigenvalue weighted by Gasteiger charge is -2.38. The van der Waals surface area contributed by atoms with Crippen LogP contribution in [-0.4, -0.2) is 14.4 Å². The Labute approximate surface area is 103 Å². The first-order valence-corrected chi connectivity index (χ1v) is 9.11. The first-order chi connectivity index (χ1) is 7.10. The predicted octanol–water partition coefficient (Wildman–Crippen LogP) is 4.45. The third kappa shape index (κ3) is 5.18. The molecule has 0 fully saturated rings. The molecule has 0 rings (SSSR count). The van der Waals surface area contributed by atoms with Crippen molar-refractivity contribution in [2.45, 2.75) is 72.2 Å². The highest BCUT2D eigenvalue weighted by molar-refractivity contribution is 6.74. The second-order valence-corrected chi connectivity index (χ2v) is 11.1. The molecule has 0 spiro atoms. The highest BCUT2D eigenvalue weighted by Crippen LogP contribution is 2.37. The van der Waals surface area contributed by atoms with Gasteiger partial charge in [0.2, 0.25) is 0 Å². The van der Waals surface area contributed by atoms with E-state index in [1.165, 1.54) is 0 Å². The van der Waals surface area contributed by atoms with Crippen LogP contribution in [0.3, 0.4) is 0 Å². The molecule has 0 aromatic rings. The Hall–Kier alpha value is -0.263. The molecule has 0 aliphatic carbocycles. The summed E-state index contributed by atoms with van der Waals surface area (Å²) in [6.07, 6.45) is 1.15. The van der Waals surface area contributed by atoms with Crippen molar-refractivity contribution in [2.75, 3.05) is 0 Å². The first kappa shape index (κ1) is 15.7. The second kappa shape index (κ2) is 5.89. The number of hydrogen-bond donors (Lipinski definition) is 0. The summed E-state index contributed by atoms with van der Waals surface area (Å²) in [5, 5.41) is 0.262. The standard InChI is InChI=1S/C14H28OSi/c1-9-10-13(11-12(2)3)15-16(7,8)14(4,5)6/h12-13H,11H2,1-8H3. The zero-order valence-corrected chi connectivity index (χ0v) is 13.3. The minimum Gasteiger partial charge on any atom is -0.403 e. The van der Waals surface area contributed by atoms with E-state index in [0.29, 0.717) is 5.92 Å². The molecule has 0 aliphatic rings. The van der Waals surface area contributed by atoms with E-state index in [1.54, 1.807) is 0 Å². The fourth-order valence-corrected chi connectivity index (χ4v) is 2.48. The molecule has 0 aromatic carbocycles. The molecule has 1 atom stereocenters. The summed E-state index contributed by atoms with van der Waals surface area (Å²) in [5.74, 6) is 6.83. The Morgan fingerprint density at radius 2 is 1.69 bits per heavy atom. The van der Waals surface area contributed by atoms with Crippen LogP contribution in [0.15, 0.2) is 0 Å². The van der Waals surface area contributed by atoms with Crippen molar-refractivity contribution in [3.8, 4) is 11.8 Å². The van der Waals surface area contributed by atoms with E-state index < -0.39 is 8.32 Å². The largest absolute Gasteiger partial charge is 0.403 e. The van der Waals surface area contributed by atoms with Crippen LogP contribution in [0, 0.1) is 17.8 Å². The molecule has 2 heteroatoms. The quantitative estimate of drug-likeness (QED) is 0.521. The van der Waals surface area contributed by atoms with Gasteiger partial charge in [0, 0.05) is 0 Å². The molecule has 0 radical (unpaired) electrons. The second-order valence-electron chi connectivity index (χ2n) is 6.39. The van der Waals surface area contributed by atoms with Crippen LogP contribution in [0.2, 0.25) is 18.1 Å². The highest BCUT2D eigenvalue weighted by atomic mass is 28.4. The lowest BCUT2D eigenvalue weighted by Crippen LogP contribution is -2.43. The summed E-state index contributed by atoms with van der Waals surface area (Å²) in [6, 6.07) is 0. The van der Waals surface area contributed by atoms with Crippen molar-refractivity contribution >= 4 is 8.32 Å². The highest BCUT2D eigenvalue weighted by Gasteiger charge is 2.38. The van der Waals surface area contributed by atoms with Crippen molar-refractivity contribution in [2.24, 2.45) is 5.92 Å². The van der Waals surface area contributed by atoms with Crippen LogP contribution in [0.4, 0.5) is 0 Å². The Kier molecular flexibility index (Phi) is 5.79. The molecule has 0 bridgehead atoms. The van der Waals surface area contributed by atoms with Gasteiger partial charge in [0.05, 0.1) is 0 Å². The molecule has 94 valence electrons. The summed E-state index contributed by atoms with van der Waals surface area (Å²) in [5.41, 5.74) is 0. The van der Waals surface area contributed by atoms with Gasteiger partial charge in [-0.25, -0.2) is 0 Å². The molecule has 1 nitrogen and oxygen atoms in total. The van der Waals surface area contributed by atoms with Gasteiger partial charge >= 0.3 is 0 Å². The van der Waals surface area contributed by atoms with Crippen molar-refractivity contribution in [3.63, 3.8) is 0 Å². The van der Waals surface area contributed by atoms with E-state index >= 15 is 0 Å². The Balaban J connectivity index is 4.67. The molecule has 0 aromatic heterocycles. The van der Waals surface area contributed by atoms with Gasteiger partial charge in [-0.2, -0.15) is 0 Å². The van der Waals surface area contributed by atoms with Crippen molar-refractivity contribution in [1.29, 1.82) is 0 Å². The molecule has 1 unspecified atom stereocenters. The van der Waals surface area contributed by atoms with Gasteiger partial charge in [0.25, 0.3) is 0 Å². The van der Waals surface area contributed by atoms with E-state index in [4.69, 9.17) is 4.43 Å². The summed E-state index contributed by atoms with van der Waals surface area (Å²) >= 11 is 0. The van der Waals surface area contributed by atoms with E-state index in [1.807, 2.05) is 6.92 Å². The molecular formula is C14H28OSi. The van der Waals surface area contributed by atoms with E-state index in [0.717, 1.165) is 6.42 Å². The minimum absolute atomic E-state index is 0.117. The Bertz CT molecular complexity index is 263. The Morgan fingerprint density at radius 3 is 2.00 bits per heavy atom. The fourth-order valence-electron chi connectivity index (χ4n) is 1.26. The zero-order chi connectivity index (χ0) is 13.0. The van der Waals surface area contributed by atoms with Crippen molar-refractivity contribution in [3.05, 3.63) is 0 Å². The molecule has 0 saturated carbocycles. The Morgan fingerprint density at radius 1 is 1.19 bits per heavy atom. The van der Waals surface area contributed by atoms with E-state index in [2.05, 4.69) is 59.6 Å². The minimum atomic E-state index is -1.67. The van der Waals surface area contributed by atoms with Gasteiger partial charge in [-0.3, -0.25) is 0 Å². The van der Waals surface area contributed by atoms with Gasteiger partial charge in [-0.05, 0) is 37.4 Å². The summed E-state index contributed by atoms with van der Waals surface area (Å²) in [7, 11) is -1.67. The molecule has 0 heterocycles. The zero-order valence-electron chi connectivity index (χ0n) is 12.3. The van der Waals surface area contributed by atoms with Crippen molar-refractivity contribution < 1.29 is 4.43 Å². The molecule has 0 saturated heterocycles. The maximum Gasteiger partial charge on any atom is 0.193 e. The third-order valence-corrected chi connectivity index (χ3v) is 7.72. The van der Waals surface area contributed by atoms with Crippen LogP contribution >= 0.6 is 0 Å². The van der Waals surface area contributed by atoms with E-state index in [-0.39, 0.29) is 11.1 Å². The molecule has 0 aliphatic heterocycles. The van der Waals surface area contributed by atoms with Gasteiger partial charge < -0.3 is 4.43 Å². The monoisotopic (exact) mass is 240 g/mol. The number of hydrogen-bond acceptors (Lipinski definition) is 1. The lowest BCUT2D eigenvalue weighted by molar-refractivity contribution is 0.207. The maximum absolute atomic E-state index is 6.32. The fraction of sp³-hybridized carbons (Fsp3) is 0.857. The van der Waals surface area contributed by atoms with Crippen LogP contribution in [0.1, 0.15) is 48.0 Å². The molecule has 0 N–H and O–H groups in total. The summed E-state index contributed by atoms with van der Waals surface area (Å²) in [4.78, 5) is 0. The van der Waals surface area contributed by atoms with Crippen LogP contribution < -0.4 is 0 Å². The van der Waals surface area contributed by atoms with Crippen molar-refractivity contribution in [1.82, 2.24) is 0 Å². The lowest BCUT2D eigenvalue weighted by atomic mass is 10.1. The normalized spacial score (nSPS) is 14.6. The van der Waals surface area contributed by atoms with Gasteiger partial charge in [0.1, 0.15) is 6.10 Å². The predicted molar refractivity (Wildman–Crippen MR) is 75.0 cm³/mol. The smallest absolute Gasteiger partial charge is 0.193 e. The molecule has 16 heavy (non-hydrogen) atoms. The first-order valence-electron chi connectivity index (χ1n) is 6.20. The van der Waals surface area contributed by atoms with Gasteiger partial charge in [-0.1, -0.05) is 40.5 Å². The van der Waals surface area contributed by atoms with Gasteiger partial charge in [-0.15, -0.1) is 5.92 Å². The van der Waals surface area contributed by atoms with Crippen LogP contribution in [0.25, 0.3) is 0 Å². The van der Waals surface area contributed by atoms with Crippen LogP contribution in [-0.2, 0) is 4.43 Å². The average molecular weight is 240 g/mol. The maximum atomic E-state index is 6.32. The number of rotatable bonds is 4. The van der Waals surface area contributed by atoms with Crippen LogP contribution in [0.5, 0.6) is 0 Å². The van der Waals surface area contributed by atoms with Gasteiger partial charge in [0.15, 0.2) is 8.32 Å². The summed E-state index contributed by atoms with van der Waals surface area (Å²) < 4.78 is 6.32. The molecular weight excluding hydrogens is 212 g/mol. The topological polar surface area (TPSA) is 9.23 Å². The van der Waals surface area contributed by atoms with E-state index in [9.17, 15) is 0 Å². The average Bonchev–Trinajstić information content (AvgIpc) is 1.99. The third-order valence-electron chi connectivity index (χ3n) is 3.23. The SMILES string of the molecule is CC#CC(CC(C)C)O[Si](C)(C)C(C)(C)C.